The number of aromatic nitrogens is 1. The quantitative estimate of drug-likeness (QED) is 0.425. The summed E-state index contributed by atoms with van der Waals surface area (Å²) in [5.74, 6) is 0.341. The summed E-state index contributed by atoms with van der Waals surface area (Å²) < 4.78 is 0. The molecule has 1 N–H and O–H groups in total. The van der Waals surface area contributed by atoms with Gasteiger partial charge >= 0.3 is 0 Å². The number of oxime groups is 1. The monoisotopic (exact) mass is 207 g/mol. The van der Waals surface area contributed by atoms with E-state index in [-0.39, 0.29) is 5.71 Å². The molecular formula is C9H9N3O3. The second kappa shape index (κ2) is 5.48. The maximum Gasteiger partial charge on any atom is 0.212 e. The van der Waals surface area contributed by atoms with E-state index in [4.69, 9.17) is 0 Å². The van der Waals surface area contributed by atoms with Gasteiger partial charge < -0.3 is 10.2 Å². The fraction of sp³-hybridized carbons (Fsp3) is 0.111. The van der Waals surface area contributed by atoms with E-state index in [9.17, 15) is 9.59 Å². The van der Waals surface area contributed by atoms with E-state index in [1.807, 2.05) is 0 Å². The first-order valence-corrected chi connectivity index (χ1v) is 4.05. The third-order valence-corrected chi connectivity index (χ3v) is 1.52. The van der Waals surface area contributed by atoms with E-state index in [0.717, 1.165) is 0 Å². The number of anilines is 1. The van der Waals surface area contributed by atoms with Crippen LogP contribution in [-0.2, 0) is 14.4 Å². The first kappa shape index (κ1) is 10.8. The van der Waals surface area contributed by atoms with Crippen LogP contribution in [0.2, 0.25) is 0 Å². The fourth-order valence-electron chi connectivity index (χ4n) is 0.945. The lowest BCUT2D eigenvalue weighted by Gasteiger charge is -2.00. The lowest BCUT2D eigenvalue weighted by molar-refractivity contribution is -0.105. The van der Waals surface area contributed by atoms with Gasteiger partial charge in [-0.1, -0.05) is 11.2 Å². The molecular weight excluding hydrogens is 198 g/mol. The topological polar surface area (TPSA) is 80.6 Å². The number of nitrogens with zero attached hydrogens (tertiary/aromatic N) is 2. The van der Waals surface area contributed by atoms with Crippen LogP contribution in [-0.4, -0.2) is 30.5 Å². The van der Waals surface area contributed by atoms with Crippen molar-refractivity contribution in [2.24, 2.45) is 5.16 Å². The van der Waals surface area contributed by atoms with Crippen LogP contribution in [0.15, 0.2) is 23.4 Å². The van der Waals surface area contributed by atoms with Crippen LogP contribution in [0.4, 0.5) is 5.82 Å². The number of carbonyl (C=O) groups is 2. The zero-order valence-electron chi connectivity index (χ0n) is 8.01. The second-order valence-corrected chi connectivity index (χ2v) is 2.45. The van der Waals surface area contributed by atoms with Crippen molar-refractivity contribution in [2.75, 3.05) is 12.4 Å². The number of rotatable bonds is 5. The summed E-state index contributed by atoms with van der Waals surface area (Å²) in [5.41, 5.74) is 0.394. The minimum absolute atomic E-state index is 0.0621. The molecule has 0 aliphatic carbocycles. The van der Waals surface area contributed by atoms with Crippen LogP contribution in [0.1, 0.15) is 5.69 Å². The van der Waals surface area contributed by atoms with Crippen molar-refractivity contribution >= 4 is 24.2 Å². The summed E-state index contributed by atoms with van der Waals surface area (Å²) in [6.07, 6.45) is 1.02. The van der Waals surface area contributed by atoms with E-state index < -0.39 is 0 Å². The summed E-state index contributed by atoms with van der Waals surface area (Å²) in [5, 5.41) is 5.85. The number of hydrogen-bond acceptors (Lipinski definition) is 5. The van der Waals surface area contributed by atoms with Gasteiger partial charge in [0.15, 0.2) is 12.0 Å². The number of carbonyl (C=O) groups excluding carboxylic acids is 2. The van der Waals surface area contributed by atoms with E-state index in [1.54, 1.807) is 18.2 Å². The lowest BCUT2D eigenvalue weighted by atomic mass is 10.2. The van der Waals surface area contributed by atoms with Crippen LogP contribution in [0.5, 0.6) is 0 Å². The molecule has 1 heterocycles. The third-order valence-electron chi connectivity index (χ3n) is 1.52. The highest BCUT2D eigenvalue weighted by Crippen LogP contribution is 2.04. The molecule has 0 saturated carbocycles. The summed E-state index contributed by atoms with van der Waals surface area (Å²) in [6, 6.07) is 4.82. The molecule has 0 atom stereocenters. The number of hydrogen-bond donors (Lipinski definition) is 1. The van der Waals surface area contributed by atoms with Gasteiger partial charge in [-0.05, 0) is 12.1 Å². The van der Waals surface area contributed by atoms with Gasteiger partial charge in [-0.3, -0.25) is 9.59 Å². The average Bonchev–Trinajstić information content (AvgIpc) is 2.27. The van der Waals surface area contributed by atoms with E-state index in [2.05, 4.69) is 20.3 Å². The molecule has 0 spiro atoms. The van der Waals surface area contributed by atoms with Crippen molar-refractivity contribution in [1.29, 1.82) is 0 Å². The molecule has 0 aromatic carbocycles. The highest BCUT2D eigenvalue weighted by molar-refractivity contribution is 6.35. The van der Waals surface area contributed by atoms with Crippen molar-refractivity contribution in [3.05, 3.63) is 23.9 Å². The summed E-state index contributed by atoms with van der Waals surface area (Å²) in [4.78, 5) is 29.2. The maximum absolute atomic E-state index is 10.6. The normalized spacial score (nSPS) is 10.6. The smallest absolute Gasteiger partial charge is 0.212 e. The Hall–Kier alpha value is -2.24. The number of aldehydes is 1. The predicted molar refractivity (Wildman–Crippen MR) is 53.5 cm³/mol. The Morgan fingerprint density at radius 1 is 1.53 bits per heavy atom. The van der Waals surface area contributed by atoms with Gasteiger partial charge in [0.1, 0.15) is 12.9 Å². The molecule has 0 radical (unpaired) electrons. The highest BCUT2D eigenvalue weighted by Gasteiger charge is 2.05. The van der Waals surface area contributed by atoms with Crippen molar-refractivity contribution in [3.8, 4) is 0 Å². The van der Waals surface area contributed by atoms with Crippen LogP contribution in [0.3, 0.4) is 0 Å². The van der Waals surface area contributed by atoms with E-state index in [1.165, 1.54) is 7.11 Å². The average molecular weight is 207 g/mol. The Morgan fingerprint density at radius 3 is 2.93 bits per heavy atom. The lowest BCUT2D eigenvalue weighted by Crippen LogP contribution is -2.07. The van der Waals surface area contributed by atoms with Gasteiger partial charge in [0.05, 0.1) is 5.69 Å². The predicted octanol–water partition coefficient (Wildman–Crippen LogP) is 0.199. The first-order valence-electron chi connectivity index (χ1n) is 4.05. The minimum Gasteiger partial charge on any atom is -0.398 e. The van der Waals surface area contributed by atoms with Crippen molar-refractivity contribution in [3.63, 3.8) is 0 Å². The largest absolute Gasteiger partial charge is 0.398 e. The summed E-state index contributed by atoms with van der Waals surface area (Å²) in [6.45, 7) is 0. The SMILES string of the molecule is CO/N=C(/C=O)c1cccc(NC=O)n1. The zero-order chi connectivity index (χ0) is 11.1. The third kappa shape index (κ3) is 2.87. The molecule has 78 valence electrons. The van der Waals surface area contributed by atoms with Gasteiger partial charge in [-0.2, -0.15) is 0 Å². The Kier molecular flexibility index (Phi) is 3.96. The standard InChI is InChI=1S/C9H9N3O3/c1-15-12-8(5-13)7-3-2-4-9(11-7)10-6-14/h2-6H,1H3,(H,10,11,14)/b12-8-. The summed E-state index contributed by atoms with van der Waals surface area (Å²) in [7, 11) is 1.33. The minimum atomic E-state index is 0.0621. The molecule has 1 amide bonds. The van der Waals surface area contributed by atoms with Gasteiger partial charge in [-0.25, -0.2) is 4.98 Å². The Balaban J connectivity index is 3.02. The Labute approximate surface area is 85.9 Å². The molecule has 0 bridgehead atoms. The molecule has 1 rings (SSSR count). The maximum atomic E-state index is 10.6. The van der Waals surface area contributed by atoms with Gasteiger partial charge in [0, 0.05) is 0 Å². The van der Waals surface area contributed by atoms with Gasteiger partial charge in [-0.15, -0.1) is 0 Å². The molecule has 1 aromatic heterocycles. The van der Waals surface area contributed by atoms with Crippen LogP contribution in [0, 0.1) is 0 Å². The molecule has 0 saturated heterocycles. The second-order valence-electron chi connectivity index (χ2n) is 2.45. The van der Waals surface area contributed by atoms with Crippen LogP contribution >= 0.6 is 0 Å². The molecule has 6 heteroatoms. The van der Waals surface area contributed by atoms with Crippen molar-refractivity contribution in [2.45, 2.75) is 0 Å². The Bertz CT molecular complexity index is 390. The molecule has 0 aliphatic heterocycles. The van der Waals surface area contributed by atoms with Crippen LogP contribution < -0.4 is 5.32 Å². The number of amides is 1. The summed E-state index contributed by atoms with van der Waals surface area (Å²) >= 11 is 0. The molecule has 0 unspecified atom stereocenters. The van der Waals surface area contributed by atoms with E-state index >= 15 is 0 Å². The first-order chi connectivity index (χ1) is 7.31. The zero-order valence-corrected chi connectivity index (χ0v) is 8.01. The molecule has 0 fully saturated rings. The number of nitrogens with one attached hydrogen (secondary N) is 1. The van der Waals surface area contributed by atoms with Crippen LogP contribution in [0.25, 0.3) is 0 Å². The van der Waals surface area contributed by atoms with Crippen molar-refractivity contribution < 1.29 is 14.4 Å². The van der Waals surface area contributed by atoms with Gasteiger partial charge in [0.25, 0.3) is 0 Å². The molecule has 6 nitrogen and oxygen atoms in total. The number of pyridine rings is 1. The fourth-order valence-corrected chi connectivity index (χ4v) is 0.945. The highest BCUT2D eigenvalue weighted by atomic mass is 16.6. The van der Waals surface area contributed by atoms with Gasteiger partial charge in [0.2, 0.25) is 6.41 Å². The molecule has 1 aromatic rings. The Morgan fingerprint density at radius 2 is 2.33 bits per heavy atom. The molecule has 0 aliphatic rings. The van der Waals surface area contributed by atoms with Crippen molar-refractivity contribution in [1.82, 2.24) is 4.98 Å². The molecule has 15 heavy (non-hydrogen) atoms. The van der Waals surface area contributed by atoms with E-state index in [0.29, 0.717) is 24.2 Å².